The SMILES string of the molecule is CCCc1nc(C)c(Cc2ccc(-c3cccc(F)c3)c(C#N)c2)c(=O)[nH]1. The number of hydrogen-bond acceptors (Lipinski definition) is 3. The summed E-state index contributed by atoms with van der Waals surface area (Å²) in [6, 6.07) is 13.7. The van der Waals surface area contributed by atoms with E-state index in [0.717, 1.165) is 18.4 Å². The van der Waals surface area contributed by atoms with Crippen molar-refractivity contribution in [2.75, 3.05) is 0 Å². The van der Waals surface area contributed by atoms with E-state index in [0.29, 0.717) is 40.2 Å². The van der Waals surface area contributed by atoms with Gasteiger partial charge in [0.1, 0.15) is 11.6 Å². The van der Waals surface area contributed by atoms with Crippen molar-refractivity contribution in [3.63, 3.8) is 0 Å². The van der Waals surface area contributed by atoms with Crippen LogP contribution in [0.3, 0.4) is 0 Å². The highest BCUT2D eigenvalue weighted by molar-refractivity contribution is 5.71. The van der Waals surface area contributed by atoms with Crippen molar-refractivity contribution in [3.8, 4) is 17.2 Å². The monoisotopic (exact) mass is 361 g/mol. The third-order valence-corrected chi connectivity index (χ3v) is 4.48. The fraction of sp³-hybridized carbons (Fsp3) is 0.227. The van der Waals surface area contributed by atoms with Crippen LogP contribution in [0.2, 0.25) is 0 Å². The number of halogens is 1. The van der Waals surface area contributed by atoms with Gasteiger partial charge in [0.2, 0.25) is 0 Å². The van der Waals surface area contributed by atoms with Gasteiger partial charge in [0, 0.05) is 24.1 Å². The topological polar surface area (TPSA) is 69.5 Å². The molecule has 0 unspecified atom stereocenters. The Bertz CT molecular complexity index is 1080. The van der Waals surface area contributed by atoms with Crippen LogP contribution in [0.1, 0.15) is 41.6 Å². The summed E-state index contributed by atoms with van der Waals surface area (Å²) >= 11 is 0. The Morgan fingerprint density at radius 3 is 2.70 bits per heavy atom. The number of nitriles is 1. The summed E-state index contributed by atoms with van der Waals surface area (Å²) in [6.45, 7) is 3.86. The van der Waals surface area contributed by atoms with Crippen molar-refractivity contribution in [1.29, 1.82) is 5.26 Å². The van der Waals surface area contributed by atoms with E-state index in [2.05, 4.69) is 16.0 Å². The largest absolute Gasteiger partial charge is 0.310 e. The lowest BCUT2D eigenvalue weighted by molar-refractivity contribution is 0.628. The van der Waals surface area contributed by atoms with E-state index in [1.807, 2.05) is 19.9 Å². The zero-order chi connectivity index (χ0) is 19.4. The molecule has 0 bridgehead atoms. The van der Waals surface area contributed by atoms with E-state index in [9.17, 15) is 14.4 Å². The molecule has 2 aromatic carbocycles. The van der Waals surface area contributed by atoms with Gasteiger partial charge < -0.3 is 4.98 Å². The minimum atomic E-state index is -0.346. The average molecular weight is 361 g/mol. The summed E-state index contributed by atoms with van der Waals surface area (Å²) in [5.74, 6) is 0.351. The van der Waals surface area contributed by atoms with Gasteiger partial charge in [-0.05, 0) is 48.2 Å². The van der Waals surface area contributed by atoms with Gasteiger partial charge in [-0.25, -0.2) is 9.37 Å². The summed E-state index contributed by atoms with van der Waals surface area (Å²) in [5, 5.41) is 9.52. The minimum absolute atomic E-state index is 0.140. The highest BCUT2D eigenvalue weighted by Crippen LogP contribution is 2.25. The van der Waals surface area contributed by atoms with Crippen molar-refractivity contribution in [2.45, 2.75) is 33.1 Å². The van der Waals surface area contributed by atoms with Crippen molar-refractivity contribution in [2.24, 2.45) is 0 Å². The molecule has 0 fully saturated rings. The van der Waals surface area contributed by atoms with Gasteiger partial charge in [-0.3, -0.25) is 4.79 Å². The Labute approximate surface area is 157 Å². The highest BCUT2D eigenvalue weighted by Gasteiger charge is 2.12. The molecule has 5 heteroatoms. The smallest absolute Gasteiger partial charge is 0.254 e. The Kier molecular flexibility index (Phi) is 5.46. The van der Waals surface area contributed by atoms with E-state index in [-0.39, 0.29) is 11.4 Å². The molecule has 0 aliphatic rings. The second-order valence-corrected chi connectivity index (χ2v) is 6.51. The number of benzene rings is 2. The zero-order valence-electron chi connectivity index (χ0n) is 15.3. The number of rotatable bonds is 5. The number of nitrogens with one attached hydrogen (secondary N) is 1. The molecular formula is C22H20FN3O. The second-order valence-electron chi connectivity index (χ2n) is 6.51. The maximum Gasteiger partial charge on any atom is 0.254 e. The average Bonchev–Trinajstić information content (AvgIpc) is 2.65. The minimum Gasteiger partial charge on any atom is -0.310 e. The van der Waals surface area contributed by atoms with Crippen molar-refractivity contribution < 1.29 is 4.39 Å². The van der Waals surface area contributed by atoms with E-state index in [4.69, 9.17) is 0 Å². The molecule has 4 nitrogen and oxygen atoms in total. The summed E-state index contributed by atoms with van der Waals surface area (Å²) in [6.07, 6.45) is 2.03. The van der Waals surface area contributed by atoms with Crippen LogP contribution in [0.5, 0.6) is 0 Å². The van der Waals surface area contributed by atoms with Crippen molar-refractivity contribution in [3.05, 3.63) is 86.8 Å². The van der Waals surface area contributed by atoms with E-state index in [1.165, 1.54) is 12.1 Å². The Morgan fingerprint density at radius 2 is 2.04 bits per heavy atom. The van der Waals surface area contributed by atoms with Gasteiger partial charge >= 0.3 is 0 Å². The highest BCUT2D eigenvalue weighted by atomic mass is 19.1. The van der Waals surface area contributed by atoms with Crippen LogP contribution < -0.4 is 5.56 Å². The lowest BCUT2D eigenvalue weighted by Gasteiger charge is -2.10. The predicted octanol–water partition coefficient (Wildman–Crippen LogP) is 4.30. The van der Waals surface area contributed by atoms with E-state index in [1.54, 1.807) is 24.3 Å². The maximum absolute atomic E-state index is 13.5. The molecule has 3 aromatic rings. The first-order valence-electron chi connectivity index (χ1n) is 8.89. The number of aryl methyl sites for hydroxylation is 2. The van der Waals surface area contributed by atoms with Crippen LogP contribution in [0.25, 0.3) is 11.1 Å². The fourth-order valence-electron chi connectivity index (χ4n) is 3.14. The number of H-pyrrole nitrogens is 1. The quantitative estimate of drug-likeness (QED) is 0.737. The molecular weight excluding hydrogens is 341 g/mol. The standard InChI is InChI=1S/C22H20FN3O/c1-3-5-21-25-14(2)20(22(27)26-21)11-15-8-9-19(17(10-15)13-24)16-6-4-7-18(23)12-16/h4,6-10,12H,3,5,11H2,1-2H3,(H,25,26,27). The lowest BCUT2D eigenvalue weighted by atomic mass is 9.95. The summed E-state index contributed by atoms with van der Waals surface area (Å²) < 4.78 is 13.5. The summed E-state index contributed by atoms with van der Waals surface area (Å²) in [7, 11) is 0. The van der Waals surface area contributed by atoms with Gasteiger partial charge in [-0.2, -0.15) is 5.26 Å². The summed E-state index contributed by atoms with van der Waals surface area (Å²) in [4.78, 5) is 19.7. The first-order chi connectivity index (χ1) is 13.0. The molecule has 0 atom stereocenters. The molecule has 0 saturated heterocycles. The molecule has 0 radical (unpaired) electrons. The lowest BCUT2D eigenvalue weighted by Crippen LogP contribution is -2.19. The second kappa shape index (κ2) is 7.96. The molecule has 27 heavy (non-hydrogen) atoms. The summed E-state index contributed by atoms with van der Waals surface area (Å²) in [5.41, 5.74) is 3.76. The molecule has 0 amide bonds. The number of hydrogen-bond donors (Lipinski definition) is 1. The molecule has 3 rings (SSSR count). The molecule has 0 spiro atoms. The van der Waals surface area contributed by atoms with E-state index < -0.39 is 0 Å². The van der Waals surface area contributed by atoms with Crippen LogP contribution in [-0.2, 0) is 12.8 Å². The molecule has 1 aromatic heterocycles. The third-order valence-electron chi connectivity index (χ3n) is 4.48. The van der Waals surface area contributed by atoms with Crippen molar-refractivity contribution in [1.82, 2.24) is 9.97 Å². The van der Waals surface area contributed by atoms with Crippen LogP contribution in [0.4, 0.5) is 4.39 Å². The first-order valence-corrected chi connectivity index (χ1v) is 8.89. The zero-order valence-corrected chi connectivity index (χ0v) is 15.3. The predicted molar refractivity (Wildman–Crippen MR) is 103 cm³/mol. The van der Waals surface area contributed by atoms with Crippen LogP contribution >= 0.6 is 0 Å². The van der Waals surface area contributed by atoms with Crippen LogP contribution in [0.15, 0.2) is 47.3 Å². The van der Waals surface area contributed by atoms with E-state index >= 15 is 0 Å². The molecule has 136 valence electrons. The maximum atomic E-state index is 13.5. The Balaban J connectivity index is 1.96. The normalized spacial score (nSPS) is 10.6. The number of aromatic amines is 1. The molecule has 1 heterocycles. The molecule has 0 aliphatic carbocycles. The van der Waals surface area contributed by atoms with Crippen molar-refractivity contribution >= 4 is 0 Å². The Morgan fingerprint density at radius 1 is 1.22 bits per heavy atom. The number of nitrogens with zero attached hydrogens (tertiary/aromatic N) is 2. The van der Waals surface area contributed by atoms with Gasteiger partial charge in [0.15, 0.2) is 0 Å². The van der Waals surface area contributed by atoms with Gasteiger partial charge in [0.05, 0.1) is 11.6 Å². The fourth-order valence-corrected chi connectivity index (χ4v) is 3.14. The number of aromatic nitrogens is 2. The van der Waals surface area contributed by atoms with Gasteiger partial charge in [-0.15, -0.1) is 0 Å². The van der Waals surface area contributed by atoms with Crippen LogP contribution in [0, 0.1) is 24.1 Å². The van der Waals surface area contributed by atoms with Gasteiger partial charge in [-0.1, -0.05) is 31.2 Å². The third kappa shape index (κ3) is 4.12. The Hall–Kier alpha value is -3.26. The van der Waals surface area contributed by atoms with Crippen LogP contribution in [-0.4, -0.2) is 9.97 Å². The molecule has 0 saturated carbocycles. The molecule has 1 N–H and O–H groups in total. The molecule has 0 aliphatic heterocycles. The first kappa shape index (κ1) is 18.5. The van der Waals surface area contributed by atoms with Gasteiger partial charge in [0.25, 0.3) is 5.56 Å².